The second-order valence-electron chi connectivity index (χ2n) is 8.31. The van der Waals surface area contributed by atoms with Gasteiger partial charge < -0.3 is 9.84 Å². The number of esters is 1. The first-order chi connectivity index (χ1) is 15.5. The van der Waals surface area contributed by atoms with Crippen LogP contribution >= 0.6 is 11.8 Å². The number of thioether (sulfide) groups is 1. The second kappa shape index (κ2) is 10.2. The highest BCUT2D eigenvalue weighted by molar-refractivity contribution is 7.99. The van der Waals surface area contributed by atoms with Crippen molar-refractivity contribution in [2.75, 3.05) is 5.75 Å². The molecule has 3 rings (SSSR count). The Morgan fingerprint density at radius 3 is 2.33 bits per heavy atom. The molecule has 0 saturated carbocycles. The maximum Gasteiger partial charge on any atom is 0.417 e. The van der Waals surface area contributed by atoms with Crippen molar-refractivity contribution in [2.24, 2.45) is 5.92 Å². The van der Waals surface area contributed by atoms with Crippen LogP contribution in [-0.2, 0) is 28.5 Å². The predicted molar refractivity (Wildman–Crippen MR) is 123 cm³/mol. The SMILES string of the molecule is CCc1cc(C)cc(CC)c1C1=C(O)CC(C(C)CSc2ccc(C(F)(F)F)cn2)OC1=O. The first-order valence-corrected chi connectivity index (χ1v) is 12.0. The van der Waals surface area contributed by atoms with Gasteiger partial charge in [0.25, 0.3) is 0 Å². The molecule has 1 aliphatic rings. The lowest BCUT2D eigenvalue weighted by atomic mass is 9.86. The fourth-order valence-corrected chi connectivity index (χ4v) is 4.93. The summed E-state index contributed by atoms with van der Waals surface area (Å²) in [5, 5.41) is 11.3. The van der Waals surface area contributed by atoms with E-state index in [1.807, 2.05) is 39.8 Å². The highest BCUT2D eigenvalue weighted by atomic mass is 32.2. The van der Waals surface area contributed by atoms with Crippen LogP contribution in [0.2, 0.25) is 0 Å². The zero-order valence-corrected chi connectivity index (χ0v) is 19.9. The van der Waals surface area contributed by atoms with Crippen molar-refractivity contribution in [3.63, 3.8) is 0 Å². The Morgan fingerprint density at radius 1 is 1.21 bits per heavy atom. The van der Waals surface area contributed by atoms with Crippen molar-refractivity contribution in [3.05, 3.63) is 64.0 Å². The van der Waals surface area contributed by atoms with Gasteiger partial charge in [0.2, 0.25) is 0 Å². The minimum absolute atomic E-state index is 0.0222. The standard InChI is InChI=1S/C25H28F3NO3S/c1-5-16-9-14(3)10-17(6-2)22(16)23-19(30)11-20(32-24(23)31)15(4)13-33-21-8-7-18(12-29-21)25(26,27)28/h7-10,12,15,20,30H,5-6,11,13H2,1-4H3. The lowest BCUT2D eigenvalue weighted by Crippen LogP contribution is -2.32. The maximum absolute atomic E-state index is 13.0. The van der Waals surface area contributed by atoms with Gasteiger partial charge >= 0.3 is 12.1 Å². The molecule has 0 saturated heterocycles. The Bertz CT molecular complexity index is 1020. The number of carbonyl (C=O) groups excluding carboxylic acids is 1. The van der Waals surface area contributed by atoms with Crippen molar-refractivity contribution in [1.29, 1.82) is 0 Å². The molecule has 0 fully saturated rings. The van der Waals surface area contributed by atoms with Gasteiger partial charge in [-0.05, 0) is 48.6 Å². The van der Waals surface area contributed by atoms with E-state index in [0.29, 0.717) is 10.8 Å². The van der Waals surface area contributed by atoms with Gasteiger partial charge in [-0.25, -0.2) is 9.78 Å². The Kier molecular flexibility index (Phi) is 7.77. The fourth-order valence-electron chi connectivity index (χ4n) is 3.99. The monoisotopic (exact) mass is 479 g/mol. The second-order valence-corrected chi connectivity index (χ2v) is 9.35. The van der Waals surface area contributed by atoms with Crippen molar-refractivity contribution in [2.45, 2.75) is 64.3 Å². The summed E-state index contributed by atoms with van der Waals surface area (Å²) in [6.45, 7) is 7.92. The third-order valence-corrected chi connectivity index (χ3v) is 7.03. The van der Waals surface area contributed by atoms with Crippen LogP contribution in [0.15, 0.2) is 41.2 Å². The molecule has 0 bridgehead atoms. The number of benzene rings is 1. The van der Waals surface area contributed by atoms with Gasteiger partial charge in [0.05, 0.1) is 10.6 Å². The number of aromatic nitrogens is 1. The summed E-state index contributed by atoms with van der Waals surface area (Å²) >= 11 is 1.29. The van der Waals surface area contributed by atoms with Gasteiger partial charge in [0.15, 0.2) is 0 Å². The van der Waals surface area contributed by atoms with Gasteiger partial charge in [0, 0.05) is 24.3 Å². The molecule has 2 heterocycles. The third kappa shape index (κ3) is 5.72. The third-order valence-electron chi connectivity index (χ3n) is 5.80. The zero-order valence-electron chi connectivity index (χ0n) is 19.1. The Hall–Kier alpha value is -2.48. The van der Waals surface area contributed by atoms with Crippen LogP contribution < -0.4 is 0 Å². The highest BCUT2D eigenvalue weighted by Gasteiger charge is 2.35. The highest BCUT2D eigenvalue weighted by Crippen LogP contribution is 2.36. The first kappa shape index (κ1) is 25.1. The van der Waals surface area contributed by atoms with Gasteiger partial charge in [-0.1, -0.05) is 38.5 Å². The van der Waals surface area contributed by atoms with Crippen LogP contribution in [0.4, 0.5) is 13.2 Å². The minimum Gasteiger partial charge on any atom is -0.511 e. The lowest BCUT2D eigenvalue weighted by molar-refractivity contribution is -0.145. The predicted octanol–water partition coefficient (Wildman–Crippen LogP) is 6.55. The lowest BCUT2D eigenvalue weighted by Gasteiger charge is -2.30. The van der Waals surface area contributed by atoms with Crippen LogP contribution in [0.5, 0.6) is 0 Å². The Morgan fingerprint density at radius 2 is 1.85 bits per heavy atom. The summed E-state index contributed by atoms with van der Waals surface area (Å²) in [7, 11) is 0. The van der Waals surface area contributed by atoms with E-state index in [1.54, 1.807) is 0 Å². The fraction of sp³-hybridized carbons (Fsp3) is 0.440. The van der Waals surface area contributed by atoms with E-state index in [1.165, 1.54) is 17.8 Å². The summed E-state index contributed by atoms with van der Waals surface area (Å²) in [6, 6.07) is 6.40. The molecule has 8 heteroatoms. The number of aryl methyl sites for hydroxylation is 3. The topological polar surface area (TPSA) is 59.4 Å². The number of hydrogen-bond acceptors (Lipinski definition) is 5. The van der Waals surface area contributed by atoms with E-state index in [9.17, 15) is 23.1 Å². The van der Waals surface area contributed by atoms with Crippen molar-refractivity contribution in [1.82, 2.24) is 4.98 Å². The first-order valence-electron chi connectivity index (χ1n) is 11.0. The van der Waals surface area contributed by atoms with Crippen molar-refractivity contribution >= 4 is 23.3 Å². The molecule has 1 aromatic heterocycles. The molecule has 2 aromatic rings. The maximum atomic E-state index is 13.0. The molecular weight excluding hydrogens is 451 g/mol. The number of aliphatic hydroxyl groups excluding tert-OH is 1. The molecule has 1 aromatic carbocycles. The van der Waals surface area contributed by atoms with Gasteiger partial charge in [-0.15, -0.1) is 11.8 Å². The normalized spacial score (nSPS) is 17.8. The molecule has 0 spiro atoms. The van der Waals surface area contributed by atoms with E-state index in [2.05, 4.69) is 4.98 Å². The summed E-state index contributed by atoms with van der Waals surface area (Å²) in [4.78, 5) is 16.8. The number of ether oxygens (including phenoxy) is 1. The van der Waals surface area contributed by atoms with Crippen molar-refractivity contribution in [3.8, 4) is 0 Å². The average molecular weight is 480 g/mol. The van der Waals surface area contributed by atoms with E-state index in [0.717, 1.165) is 47.4 Å². The smallest absolute Gasteiger partial charge is 0.417 e. The van der Waals surface area contributed by atoms with E-state index >= 15 is 0 Å². The molecule has 33 heavy (non-hydrogen) atoms. The summed E-state index contributed by atoms with van der Waals surface area (Å²) in [5.41, 5.74) is 3.32. The van der Waals surface area contributed by atoms with Crippen LogP contribution in [0.25, 0.3) is 5.57 Å². The summed E-state index contributed by atoms with van der Waals surface area (Å²) in [5.74, 6) is -0.180. The molecule has 0 amide bonds. The number of hydrogen-bond donors (Lipinski definition) is 1. The minimum atomic E-state index is -4.42. The molecule has 1 aliphatic heterocycles. The van der Waals surface area contributed by atoms with Gasteiger partial charge in [0.1, 0.15) is 17.4 Å². The molecular formula is C25H28F3NO3S. The van der Waals surface area contributed by atoms with Crippen LogP contribution in [0, 0.1) is 12.8 Å². The van der Waals surface area contributed by atoms with E-state index in [-0.39, 0.29) is 23.7 Å². The Balaban J connectivity index is 1.75. The molecule has 2 unspecified atom stereocenters. The number of nitrogens with zero attached hydrogens (tertiary/aromatic N) is 1. The Labute approximate surface area is 196 Å². The molecule has 1 N–H and O–H groups in total. The molecule has 178 valence electrons. The van der Waals surface area contributed by atoms with E-state index < -0.39 is 23.8 Å². The van der Waals surface area contributed by atoms with Crippen LogP contribution in [0.1, 0.15) is 55.0 Å². The average Bonchev–Trinajstić information content (AvgIpc) is 2.76. The number of cyclic esters (lactones) is 1. The number of carbonyl (C=O) groups is 1. The number of pyridine rings is 1. The number of halogens is 3. The summed E-state index contributed by atoms with van der Waals surface area (Å²) in [6.07, 6.45) is -2.48. The quantitative estimate of drug-likeness (QED) is 0.361. The molecule has 2 atom stereocenters. The molecule has 0 radical (unpaired) electrons. The van der Waals surface area contributed by atoms with Gasteiger partial charge in [-0.3, -0.25) is 0 Å². The van der Waals surface area contributed by atoms with Gasteiger partial charge in [-0.2, -0.15) is 13.2 Å². The van der Waals surface area contributed by atoms with Crippen molar-refractivity contribution < 1.29 is 27.8 Å². The van der Waals surface area contributed by atoms with E-state index in [4.69, 9.17) is 4.74 Å². The summed E-state index contributed by atoms with van der Waals surface area (Å²) < 4.78 is 43.8. The molecule has 0 aliphatic carbocycles. The zero-order chi connectivity index (χ0) is 24.3. The van der Waals surface area contributed by atoms with Crippen LogP contribution in [-0.4, -0.2) is 27.9 Å². The molecule has 4 nitrogen and oxygen atoms in total. The number of aliphatic hydroxyl groups is 1. The number of rotatable bonds is 7. The number of alkyl halides is 3. The van der Waals surface area contributed by atoms with Crippen LogP contribution in [0.3, 0.4) is 0 Å². The largest absolute Gasteiger partial charge is 0.511 e.